The lowest BCUT2D eigenvalue weighted by Crippen LogP contribution is -1.94. The maximum absolute atomic E-state index is 4.20. The maximum atomic E-state index is 4.20. The highest BCUT2D eigenvalue weighted by atomic mass is 14.1. The van der Waals surface area contributed by atoms with Gasteiger partial charge in [0.1, 0.15) is 0 Å². The average molecular weight is 224 g/mol. The molecule has 0 aliphatic heterocycles. The molecule has 16 heavy (non-hydrogen) atoms. The molecule has 0 spiro atoms. The van der Waals surface area contributed by atoms with Crippen LogP contribution in [0.1, 0.15) is 85.0 Å². The first-order valence-corrected chi connectivity index (χ1v) is 7.37. The van der Waals surface area contributed by atoms with E-state index in [1.807, 2.05) is 0 Å². The van der Waals surface area contributed by atoms with Crippen molar-refractivity contribution in [3.63, 3.8) is 0 Å². The summed E-state index contributed by atoms with van der Waals surface area (Å²) in [6, 6.07) is 0. The second-order valence-corrected chi connectivity index (χ2v) is 5.35. The van der Waals surface area contributed by atoms with Crippen molar-refractivity contribution in [1.82, 2.24) is 0 Å². The Morgan fingerprint density at radius 1 is 0.875 bits per heavy atom. The summed E-state index contributed by atoms with van der Waals surface area (Å²) in [6.45, 7) is 11.1. The first kappa shape index (κ1) is 15.7. The van der Waals surface area contributed by atoms with Crippen LogP contribution in [-0.4, -0.2) is 0 Å². The van der Waals surface area contributed by atoms with Crippen LogP contribution in [0, 0.1) is 5.92 Å². The molecule has 0 saturated carbocycles. The van der Waals surface area contributed by atoms with E-state index >= 15 is 0 Å². The molecule has 0 N–H and O–H groups in total. The second-order valence-electron chi connectivity index (χ2n) is 5.35. The van der Waals surface area contributed by atoms with E-state index in [1.54, 1.807) is 0 Å². The van der Waals surface area contributed by atoms with Gasteiger partial charge in [0.05, 0.1) is 0 Å². The molecule has 0 aliphatic carbocycles. The lowest BCUT2D eigenvalue weighted by Gasteiger charge is -2.10. The van der Waals surface area contributed by atoms with Crippen molar-refractivity contribution in [3.8, 4) is 0 Å². The molecule has 1 unspecified atom stereocenters. The molecule has 0 radical (unpaired) electrons. The zero-order valence-electron chi connectivity index (χ0n) is 11.9. The molecule has 0 aliphatic rings. The molecule has 1 atom stereocenters. The quantitative estimate of drug-likeness (QED) is 0.293. The number of rotatable bonds is 11. The minimum Gasteiger partial charge on any atom is -0.0999 e. The molecule has 0 fully saturated rings. The Kier molecular flexibility index (Phi) is 11.0. The molecule has 96 valence electrons. The van der Waals surface area contributed by atoms with Crippen LogP contribution in [0.3, 0.4) is 0 Å². The van der Waals surface area contributed by atoms with Gasteiger partial charge in [-0.05, 0) is 31.6 Å². The molecule has 0 saturated heterocycles. The molecule has 0 nitrogen and oxygen atoms in total. The fourth-order valence-electron chi connectivity index (χ4n) is 2.26. The summed E-state index contributed by atoms with van der Waals surface area (Å²) in [5.74, 6) is 0.915. The van der Waals surface area contributed by atoms with E-state index in [2.05, 4.69) is 27.4 Å². The van der Waals surface area contributed by atoms with E-state index in [-0.39, 0.29) is 0 Å². The monoisotopic (exact) mass is 224 g/mol. The van der Waals surface area contributed by atoms with E-state index in [4.69, 9.17) is 0 Å². The average Bonchev–Trinajstić information content (AvgIpc) is 2.25. The van der Waals surface area contributed by atoms with E-state index in [0.717, 1.165) is 5.92 Å². The highest BCUT2D eigenvalue weighted by molar-refractivity contribution is 4.93. The normalized spacial score (nSPS) is 12.7. The van der Waals surface area contributed by atoms with Crippen LogP contribution >= 0.6 is 0 Å². The Hall–Kier alpha value is -0.260. The highest BCUT2D eigenvalue weighted by Crippen LogP contribution is 2.18. The predicted molar refractivity (Wildman–Crippen MR) is 75.8 cm³/mol. The fourth-order valence-corrected chi connectivity index (χ4v) is 2.26. The lowest BCUT2D eigenvalue weighted by molar-refractivity contribution is 0.467. The molecule has 0 aromatic carbocycles. The Bertz CT molecular complexity index is 157. The highest BCUT2D eigenvalue weighted by Gasteiger charge is 2.01. The molecular weight excluding hydrogens is 192 g/mol. The van der Waals surface area contributed by atoms with Crippen LogP contribution in [0.15, 0.2) is 12.2 Å². The van der Waals surface area contributed by atoms with Crippen molar-refractivity contribution in [2.24, 2.45) is 5.92 Å². The zero-order valence-corrected chi connectivity index (χ0v) is 11.9. The molecule has 0 heterocycles. The SMILES string of the molecule is C=C(CCCCCC)CCCC(C)CCC. The smallest absolute Gasteiger partial charge is 0.0323 e. The summed E-state index contributed by atoms with van der Waals surface area (Å²) in [7, 11) is 0. The number of hydrogen-bond acceptors (Lipinski definition) is 0. The van der Waals surface area contributed by atoms with Gasteiger partial charge in [0.15, 0.2) is 0 Å². The van der Waals surface area contributed by atoms with E-state index < -0.39 is 0 Å². The van der Waals surface area contributed by atoms with Crippen molar-refractivity contribution in [1.29, 1.82) is 0 Å². The molecule has 0 amide bonds. The van der Waals surface area contributed by atoms with E-state index in [0.29, 0.717) is 0 Å². The molecule has 0 bridgehead atoms. The Balaban J connectivity index is 3.29. The molecule has 0 heteroatoms. The molecular formula is C16H32. The van der Waals surface area contributed by atoms with Gasteiger partial charge in [-0.1, -0.05) is 71.4 Å². The van der Waals surface area contributed by atoms with Gasteiger partial charge in [-0.2, -0.15) is 0 Å². The van der Waals surface area contributed by atoms with Gasteiger partial charge >= 0.3 is 0 Å². The second kappa shape index (κ2) is 11.2. The van der Waals surface area contributed by atoms with Crippen LogP contribution in [0.5, 0.6) is 0 Å². The van der Waals surface area contributed by atoms with Crippen LogP contribution in [0.25, 0.3) is 0 Å². The van der Waals surface area contributed by atoms with E-state index in [9.17, 15) is 0 Å². The first-order chi connectivity index (χ1) is 7.70. The molecule has 0 aromatic heterocycles. The minimum atomic E-state index is 0.915. The number of allylic oxidation sites excluding steroid dienone is 1. The van der Waals surface area contributed by atoms with Gasteiger partial charge in [-0.3, -0.25) is 0 Å². The van der Waals surface area contributed by atoms with Crippen LogP contribution < -0.4 is 0 Å². The third-order valence-corrected chi connectivity index (χ3v) is 3.39. The predicted octanol–water partition coefficient (Wildman–Crippen LogP) is 6.12. The minimum absolute atomic E-state index is 0.915. The zero-order chi connectivity index (χ0) is 12.2. The Morgan fingerprint density at radius 3 is 2.19 bits per heavy atom. The van der Waals surface area contributed by atoms with Crippen LogP contribution in [0.4, 0.5) is 0 Å². The van der Waals surface area contributed by atoms with Crippen LogP contribution in [-0.2, 0) is 0 Å². The van der Waals surface area contributed by atoms with Gasteiger partial charge in [-0.15, -0.1) is 0 Å². The van der Waals surface area contributed by atoms with Gasteiger partial charge < -0.3 is 0 Å². The van der Waals surface area contributed by atoms with Crippen molar-refractivity contribution < 1.29 is 0 Å². The van der Waals surface area contributed by atoms with Crippen molar-refractivity contribution in [2.45, 2.75) is 85.0 Å². The summed E-state index contributed by atoms with van der Waals surface area (Å²) in [5.41, 5.74) is 1.49. The fraction of sp³-hybridized carbons (Fsp3) is 0.875. The summed E-state index contributed by atoms with van der Waals surface area (Å²) in [4.78, 5) is 0. The summed E-state index contributed by atoms with van der Waals surface area (Å²) < 4.78 is 0. The standard InChI is InChI=1S/C16H32/c1-5-7-8-9-12-16(4)14-10-13-15(3)11-6-2/h15H,4-14H2,1-3H3. The van der Waals surface area contributed by atoms with E-state index in [1.165, 1.54) is 69.8 Å². The largest absolute Gasteiger partial charge is 0.0999 e. The van der Waals surface area contributed by atoms with Gasteiger partial charge in [0.25, 0.3) is 0 Å². The van der Waals surface area contributed by atoms with Crippen molar-refractivity contribution in [3.05, 3.63) is 12.2 Å². The third kappa shape index (κ3) is 10.3. The van der Waals surface area contributed by atoms with Gasteiger partial charge in [0.2, 0.25) is 0 Å². The Morgan fingerprint density at radius 2 is 1.56 bits per heavy atom. The van der Waals surface area contributed by atoms with Gasteiger partial charge in [-0.25, -0.2) is 0 Å². The van der Waals surface area contributed by atoms with Crippen molar-refractivity contribution in [2.75, 3.05) is 0 Å². The van der Waals surface area contributed by atoms with Gasteiger partial charge in [0, 0.05) is 0 Å². The third-order valence-electron chi connectivity index (χ3n) is 3.39. The summed E-state index contributed by atoms with van der Waals surface area (Å²) in [6.07, 6.45) is 13.5. The lowest BCUT2D eigenvalue weighted by atomic mass is 9.96. The summed E-state index contributed by atoms with van der Waals surface area (Å²) >= 11 is 0. The number of hydrogen-bond donors (Lipinski definition) is 0. The van der Waals surface area contributed by atoms with Crippen molar-refractivity contribution >= 4 is 0 Å². The number of unbranched alkanes of at least 4 members (excludes halogenated alkanes) is 3. The summed E-state index contributed by atoms with van der Waals surface area (Å²) in [5, 5.41) is 0. The molecule has 0 rings (SSSR count). The van der Waals surface area contributed by atoms with Crippen LogP contribution in [0.2, 0.25) is 0 Å². The Labute approximate surface area is 104 Å². The molecule has 0 aromatic rings. The first-order valence-electron chi connectivity index (χ1n) is 7.37. The maximum Gasteiger partial charge on any atom is -0.0323 e. The topological polar surface area (TPSA) is 0 Å².